The lowest BCUT2D eigenvalue weighted by molar-refractivity contribution is -0.120. The van der Waals surface area contributed by atoms with Gasteiger partial charge in [-0.15, -0.1) is 11.8 Å². The van der Waals surface area contributed by atoms with Gasteiger partial charge in [0.2, 0.25) is 5.91 Å². The zero-order valence-electron chi connectivity index (χ0n) is 18.0. The largest absolute Gasteiger partial charge is 0.478 e. The van der Waals surface area contributed by atoms with Crippen LogP contribution in [0.5, 0.6) is 0 Å². The Hall–Kier alpha value is -3.64. The lowest BCUT2D eigenvalue weighted by Gasteiger charge is -2.08. The van der Waals surface area contributed by atoms with Crippen LogP contribution in [-0.2, 0) is 11.3 Å². The maximum absolute atomic E-state index is 14.0. The second-order valence-corrected chi connectivity index (χ2v) is 8.57. The van der Waals surface area contributed by atoms with Crippen LogP contribution < -0.4 is 5.32 Å². The quantitative estimate of drug-likeness (QED) is 0.433. The predicted octanol–water partition coefficient (Wildman–Crippen LogP) is 5.89. The number of hydrogen-bond donors (Lipinski definition) is 2. The number of nitrogens with one attached hydrogen (secondary N) is 1. The number of carboxylic acid groups (broad SMARTS) is 1. The monoisotopic (exact) mass is 459 g/mol. The third-order valence-electron chi connectivity index (χ3n) is 5.45. The van der Waals surface area contributed by atoms with E-state index in [-0.39, 0.29) is 30.3 Å². The van der Waals surface area contributed by atoms with E-state index in [2.05, 4.69) is 17.4 Å². The minimum absolute atomic E-state index is 0.117. The van der Waals surface area contributed by atoms with Crippen LogP contribution >= 0.6 is 11.8 Å². The normalized spacial score (nSPS) is 13.5. The Kier molecular flexibility index (Phi) is 6.75. The highest BCUT2D eigenvalue weighted by atomic mass is 32.2. The van der Waals surface area contributed by atoms with Gasteiger partial charge >= 0.3 is 5.97 Å². The second-order valence-electron chi connectivity index (χ2n) is 7.69. The van der Waals surface area contributed by atoms with Crippen molar-refractivity contribution in [2.75, 3.05) is 6.26 Å². The van der Waals surface area contributed by atoms with Gasteiger partial charge in [-0.25, -0.2) is 9.18 Å². The van der Waals surface area contributed by atoms with Crippen LogP contribution in [0.1, 0.15) is 39.0 Å². The van der Waals surface area contributed by atoms with Crippen molar-refractivity contribution in [3.05, 3.63) is 106 Å². The average molecular weight is 460 g/mol. The summed E-state index contributed by atoms with van der Waals surface area (Å²) < 4.78 is 14.0. The fourth-order valence-corrected chi connectivity index (χ4v) is 4.13. The Balaban J connectivity index is 1.50. The predicted molar refractivity (Wildman–Crippen MR) is 130 cm³/mol. The molecular formula is C27H22FNO3S. The van der Waals surface area contributed by atoms with Gasteiger partial charge in [0, 0.05) is 11.4 Å². The summed E-state index contributed by atoms with van der Waals surface area (Å²) in [5.41, 5.74) is 5.35. The van der Waals surface area contributed by atoms with E-state index in [1.54, 1.807) is 30.0 Å². The molecule has 3 aromatic rings. The Morgan fingerprint density at radius 2 is 1.73 bits per heavy atom. The Morgan fingerprint density at radius 1 is 1.00 bits per heavy atom. The molecule has 0 atom stereocenters. The van der Waals surface area contributed by atoms with Gasteiger partial charge in [0.1, 0.15) is 5.82 Å². The topological polar surface area (TPSA) is 66.4 Å². The number of carbonyl (C=O) groups is 2. The SMILES string of the molecule is CSc1ccc(C=C2C=C(CC(=O)NCc3ccc(C(=O)O)cc3)c3cc(F)ccc32)cc1. The minimum Gasteiger partial charge on any atom is -0.478 e. The van der Waals surface area contributed by atoms with Gasteiger partial charge in [0.15, 0.2) is 0 Å². The van der Waals surface area contributed by atoms with E-state index in [4.69, 9.17) is 5.11 Å². The van der Waals surface area contributed by atoms with Crippen LogP contribution in [-0.4, -0.2) is 23.2 Å². The highest BCUT2D eigenvalue weighted by molar-refractivity contribution is 7.98. The lowest BCUT2D eigenvalue weighted by atomic mass is 10.0. The molecule has 3 aromatic carbocycles. The van der Waals surface area contributed by atoms with Crippen molar-refractivity contribution in [1.82, 2.24) is 5.32 Å². The maximum atomic E-state index is 14.0. The molecule has 0 aromatic heterocycles. The van der Waals surface area contributed by atoms with Crippen LogP contribution in [0.25, 0.3) is 17.2 Å². The average Bonchev–Trinajstić information content (AvgIpc) is 3.14. The zero-order valence-corrected chi connectivity index (χ0v) is 18.8. The van der Waals surface area contributed by atoms with Crippen molar-refractivity contribution < 1.29 is 19.1 Å². The standard InChI is InChI=1S/C27H22FNO3S/c1-33-23-9-4-17(5-10-23)12-20-13-21(25-15-22(28)8-11-24(20)25)14-26(30)29-16-18-2-6-19(7-3-18)27(31)32/h2-13,15H,14,16H2,1H3,(H,29,30)(H,31,32). The molecular weight excluding hydrogens is 437 g/mol. The third-order valence-corrected chi connectivity index (χ3v) is 6.19. The van der Waals surface area contributed by atoms with E-state index < -0.39 is 5.97 Å². The van der Waals surface area contributed by atoms with Gasteiger partial charge in [-0.2, -0.15) is 0 Å². The number of hydrogen-bond acceptors (Lipinski definition) is 3. The van der Waals surface area contributed by atoms with Crippen molar-refractivity contribution >= 4 is 40.9 Å². The number of carbonyl (C=O) groups excluding carboxylic acids is 1. The number of thioether (sulfide) groups is 1. The fraction of sp³-hybridized carbons (Fsp3) is 0.111. The number of benzene rings is 3. The van der Waals surface area contributed by atoms with Gasteiger partial charge in [-0.3, -0.25) is 4.79 Å². The molecule has 166 valence electrons. The van der Waals surface area contributed by atoms with Crippen molar-refractivity contribution in [3.63, 3.8) is 0 Å². The molecule has 33 heavy (non-hydrogen) atoms. The molecule has 0 saturated heterocycles. The summed E-state index contributed by atoms with van der Waals surface area (Å²) in [4.78, 5) is 24.8. The third kappa shape index (κ3) is 5.41. The summed E-state index contributed by atoms with van der Waals surface area (Å²) in [6.07, 6.45) is 6.12. The molecule has 0 aliphatic heterocycles. The summed E-state index contributed by atoms with van der Waals surface area (Å²) in [6, 6.07) is 19.2. The molecule has 0 bridgehead atoms. The Bertz CT molecular complexity index is 1260. The summed E-state index contributed by atoms with van der Waals surface area (Å²) in [5, 5.41) is 11.8. The van der Waals surface area contributed by atoms with Crippen molar-refractivity contribution in [1.29, 1.82) is 0 Å². The summed E-state index contributed by atoms with van der Waals surface area (Å²) in [5.74, 6) is -1.53. The lowest BCUT2D eigenvalue weighted by Crippen LogP contribution is -2.22. The molecule has 0 unspecified atom stereocenters. The molecule has 0 heterocycles. The summed E-state index contributed by atoms with van der Waals surface area (Å²) in [7, 11) is 0. The van der Waals surface area contributed by atoms with E-state index in [1.165, 1.54) is 29.2 Å². The molecule has 1 aliphatic rings. The van der Waals surface area contributed by atoms with Gasteiger partial charge in [0.25, 0.3) is 0 Å². The first kappa shape index (κ1) is 22.6. The first-order chi connectivity index (χ1) is 15.9. The number of halogens is 1. The Morgan fingerprint density at radius 3 is 2.39 bits per heavy atom. The van der Waals surface area contributed by atoms with Crippen LogP contribution in [0.3, 0.4) is 0 Å². The van der Waals surface area contributed by atoms with Crippen LogP contribution in [0.4, 0.5) is 4.39 Å². The molecule has 4 nitrogen and oxygen atoms in total. The number of fused-ring (bicyclic) bond motifs is 1. The van der Waals surface area contributed by atoms with E-state index in [0.29, 0.717) is 0 Å². The molecule has 0 radical (unpaired) electrons. The fourth-order valence-electron chi connectivity index (χ4n) is 3.72. The van der Waals surface area contributed by atoms with Gasteiger partial charge < -0.3 is 10.4 Å². The molecule has 6 heteroatoms. The van der Waals surface area contributed by atoms with Crippen molar-refractivity contribution in [2.45, 2.75) is 17.9 Å². The van der Waals surface area contributed by atoms with Crippen LogP contribution in [0, 0.1) is 5.82 Å². The minimum atomic E-state index is -0.992. The first-order valence-corrected chi connectivity index (χ1v) is 11.6. The number of carboxylic acids is 1. The molecule has 2 N–H and O–H groups in total. The van der Waals surface area contributed by atoms with E-state index in [0.717, 1.165) is 33.4 Å². The Labute approximate surface area is 195 Å². The summed E-state index contributed by atoms with van der Waals surface area (Å²) >= 11 is 1.68. The molecule has 0 fully saturated rings. The molecule has 4 rings (SSSR count). The first-order valence-electron chi connectivity index (χ1n) is 10.4. The van der Waals surface area contributed by atoms with Crippen molar-refractivity contribution in [3.8, 4) is 0 Å². The summed E-state index contributed by atoms with van der Waals surface area (Å²) in [6.45, 7) is 0.284. The van der Waals surface area contributed by atoms with Crippen LogP contribution in [0.2, 0.25) is 0 Å². The number of aromatic carboxylic acids is 1. The van der Waals surface area contributed by atoms with Gasteiger partial charge in [-0.1, -0.05) is 30.3 Å². The second kappa shape index (κ2) is 9.88. The number of amides is 1. The smallest absolute Gasteiger partial charge is 0.335 e. The highest BCUT2D eigenvalue weighted by Crippen LogP contribution is 2.38. The maximum Gasteiger partial charge on any atom is 0.335 e. The van der Waals surface area contributed by atoms with E-state index in [9.17, 15) is 14.0 Å². The molecule has 0 spiro atoms. The van der Waals surface area contributed by atoms with Gasteiger partial charge in [-0.05, 0) is 88.2 Å². The van der Waals surface area contributed by atoms with Gasteiger partial charge in [0.05, 0.1) is 12.0 Å². The molecule has 1 aliphatic carbocycles. The van der Waals surface area contributed by atoms with Crippen molar-refractivity contribution in [2.24, 2.45) is 0 Å². The zero-order chi connectivity index (χ0) is 23.4. The highest BCUT2D eigenvalue weighted by Gasteiger charge is 2.21. The molecule has 1 amide bonds. The van der Waals surface area contributed by atoms with Crippen LogP contribution in [0.15, 0.2) is 77.7 Å². The number of allylic oxidation sites excluding steroid dienone is 2. The molecule has 0 saturated carbocycles. The van der Waals surface area contributed by atoms with E-state index in [1.807, 2.05) is 30.5 Å². The van der Waals surface area contributed by atoms with E-state index >= 15 is 0 Å². The number of rotatable bonds is 7.